The van der Waals surface area contributed by atoms with E-state index >= 15 is 0 Å². The van der Waals surface area contributed by atoms with Gasteiger partial charge in [-0.2, -0.15) is 5.26 Å². The van der Waals surface area contributed by atoms with Crippen LogP contribution in [0.1, 0.15) is 11.1 Å². The summed E-state index contributed by atoms with van der Waals surface area (Å²) in [5.41, 5.74) is 1.28. The molecule has 1 N–H and O–H groups in total. The van der Waals surface area contributed by atoms with Crippen LogP contribution in [0, 0.1) is 29.9 Å². The molecule has 0 aliphatic carbocycles. The van der Waals surface area contributed by atoms with Crippen molar-refractivity contribution < 1.29 is 8.78 Å². The lowest BCUT2D eigenvalue weighted by atomic mass is 10.1. The number of hydrogen-bond acceptors (Lipinski definition) is 2. The molecule has 0 aromatic heterocycles. The van der Waals surface area contributed by atoms with E-state index in [-0.39, 0.29) is 11.3 Å². The van der Waals surface area contributed by atoms with Crippen LogP contribution in [-0.2, 0) is 0 Å². The molecule has 18 heavy (non-hydrogen) atoms. The molecule has 0 fully saturated rings. The average molecular weight is 244 g/mol. The van der Waals surface area contributed by atoms with E-state index < -0.39 is 11.6 Å². The van der Waals surface area contributed by atoms with E-state index in [4.69, 9.17) is 5.26 Å². The van der Waals surface area contributed by atoms with Gasteiger partial charge in [0.05, 0.1) is 11.6 Å². The standard InChI is InChI=1S/C14H10F2N2/c1-9-3-2-4-11(5-9)18-14-12(15)6-10(8-17)7-13(14)16/h2-7,18H,1H3. The topological polar surface area (TPSA) is 35.8 Å². The third-order valence-electron chi connectivity index (χ3n) is 2.46. The predicted molar refractivity (Wildman–Crippen MR) is 65.5 cm³/mol. The molecule has 0 spiro atoms. The van der Waals surface area contributed by atoms with Crippen molar-refractivity contribution in [3.05, 3.63) is 59.2 Å². The number of nitrogens with zero attached hydrogens (tertiary/aromatic N) is 1. The van der Waals surface area contributed by atoms with Crippen LogP contribution in [0.3, 0.4) is 0 Å². The molecule has 0 aliphatic rings. The molecular weight excluding hydrogens is 234 g/mol. The van der Waals surface area contributed by atoms with Crippen LogP contribution in [0.5, 0.6) is 0 Å². The summed E-state index contributed by atoms with van der Waals surface area (Å²) < 4.78 is 27.3. The minimum absolute atomic E-state index is 0.0419. The van der Waals surface area contributed by atoms with Gasteiger partial charge in [0.15, 0.2) is 11.6 Å². The summed E-state index contributed by atoms with van der Waals surface area (Å²) >= 11 is 0. The Morgan fingerprint density at radius 3 is 2.33 bits per heavy atom. The molecule has 0 aliphatic heterocycles. The Morgan fingerprint density at radius 1 is 1.11 bits per heavy atom. The van der Waals surface area contributed by atoms with Gasteiger partial charge < -0.3 is 5.32 Å². The highest BCUT2D eigenvalue weighted by atomic mass is 19.1. The van der Waals surface area contributed by atoms with Crippen LogP contribution in [0.2, 0.25) is 0 Å². The molecular formula is C14H10F2N2. The van der Waals surface area contributed by atoms with Crippen molar-refractivity contribution in [2.45, 2.75) is 6.92 Å². The van der Waals surface area contributed by atoms with E-state index in [1.807, 2.05) is 13.0 Å². The van der Waals surface area contributed by atoms with E-state index in [1.54, 1.807) is 24.3 Å². The SMILES string of the molecule is Cc1cccc(Nc2c(F)cc(C#N)cc2F)c1. The summed E-state index contributed by atoms with van der Waals surface area (Å²) in [6.07, 6.45) is 0. The summed E-state index contributed by atoms with van der Waals surface area (Å²) in [6.45, 7) is 1.89. The normalized spacial score (nSPS) is 9.89. The van der Waals surface area contributed by atoms with Gasteiger partial charge in [-0.15, -0.1) is 0 Å². The number of halogens is 2. The van der Waals surface area contributed by atoms with E-state index in [9.17, 15) is 8.78 Å². The second kappa shape index (κ2) is 4.84. The number of hydrogen-bond donors (Lipinski definition) is 1. The van der Waals surface area contributed by atoms with Crippen LogP contribution in [0.25, 0.3) is 0 Å². The van der Waals surface area contributed by atoms with E-state index in [0.717, 1.165) is 17.7 Å². The molecule has 2 aromatic rings. The number of nitrogens with one attached hydrogen (secondary N) is 1. The Balaban J connectivity index is 2.38. The highest BCUT2D eigenvalue weighted by Crippen LogP contribution is 2.24. The minimum atomic E-state index is -0.784. The molecule has 4 heteroatoms. The van der Waals surface area contributed by atoms with Crippen molar-refractivity contribution in [2.75, 3.05) is 5.32 Å². The van der Waals surface area contributed by atoms with Crippen molar-refractivity contribution in [1.29, 1.82) is 5.26 Å². The zero-order valence-electron chi connectivity index (χ0n) is 9.67. The maximum absolute atomic E-state index is 13.6. The molecule has 2 rings (SSSR count). The first kappa shape index (κ1) is 12.1. The second-order valence-corrected chi connectivity index (χ2v) is 3.92. The molecule has 0 atom stereocenters. The van der Waals surface area contributed by atoms with Crippen molar-refractivity contribution in [3.63, 3.8) is 0 Å². The molecule has 0 bridgehead atoms. The molecule has 0 heterocycles. The van der Waals surface area contributed by atoms with Gasteiger partial charge in [0.2, 0.25) is 0 Å². The lowest BCUT2D eigenvalue weighted by Gasteiger charge is -2.09. The Labute approximate surface area is 103 Å². The van der Waals surface area contributed by atoms with Gasteiger partial charge in [-0.25, -0.2) is 8.78 Å². The molecule has 2 aromatic carbocycles. The lowest BCUT2D eigenvalue weighted by Crippen LogP contribution is -1.98. The maximum atomic E-state index is 13.6. The third kappa shape index (κ3) is 2.46. The van der Waals surface area contributed by atoms with Crippen molar-refractivity contribution in [3.8, 4) is 6.07 Å². The first-order valence-corrected chi connectivity index (χ1v) is 5.33. The fourth-order valence-electron chi connectivity index (χ4n) is 1.62. The Morgan fingerprint density at radius 2 is 1.78 bits per heavy atom. The van der Waals surface area contributed by atoms with Crippen molar-refractivity contribution in [1.82, 2.24) is 0 Å². The number of nitriles is 1. The van der Waals surface area contributed by atoms with Gasteiger partial charge in [-0.1, -0.05) is 12.1 Å². The quantitative estimate of drug-likeness (QED) is 0.869. The molecule has 0 saturated carbocycles. The van der Waals surface area contributed by atoms with Crippen LogP contribution in [0.15, 0.2) is 36.4 Å². The fraction of sp³-hybridized carbons (Fsp3) is 0.0714. The summed E-state index contributed by atoms with van der Waals surface area (Å²) in [6, 6.07) is 10.9. The summed E-state index contributed by atoms with van der Waals surface area (Å²) in [7, 11) is 0. The summed E-state index contributed by atoms with van der Waals surface area (Å²) in [5, 5.41) is 11.3. The van der Waals surface area contributed by atoms with Gasteiger partial charge in [0.25, 0.3) is 0 Å². The second-order valence-electron chi connectivity index (χ2n) is 3.92. The first-order valence-electron chi connectivity index (χ1n) is 5.33. The first-order chi connectivity index (χ1) is 8.60. The molecule has 90 valence electrons. The van der Waals surface area contributed by atoms with Crippen LogP contribution in [-0.4, -0.2) is 0 Å². The van der Waals surface area contributed by atoms with Gasteiger partial charge in [-0.05, 0) is 36.8 Å². The van der Waals surface area contributed by atoms with Crippen molar-refractivity contribution in [2.24, 2.45) is 0 Å². The zero-order valence-corrected chi connectivity index (χ0v) is 9.67. The number of aryl methyl sites for hydroxylation is 1. The van der Waals surface area contributed by atoms with E-state index in [1.165, 1.54) is 0 Å². The van der Waals surface area contributed by atoms with E-state index in [2.05, 4.69) is 5.32 Å². The van der Waals surface area contributed by atoms with Gasteiger partial charge in [0, 0.05) is 5.69 Å². The van der Waals surface area contributed by atoms with Crippen molar-refractivity contribution >= 4 is 11.4 Å². The van der Waals surface area contributed by atoms with Gasteiger partial charge >= 0.3 is 0 Å². The number of rotatable bonds is 2. The smallest absolute Gasteiger partial charge is 0.150 e. The average Bonchev–Trinajstić information content (AvgIpc) is 2.33. The number of benzene rings is 2. The maximum Gasteiger partial charge on any atom is 0.150 e. The Hall–Kier alpha value is -2.41. The highest BCUT2D eigenvalue weighted by Gasteiger charge is 2.11. The van der Waals surface area contributed by atoms with Gasteiger partial charge in [0.1, 0.15) is 5.69 Å². The molecule has 0 unspecified atom stereocenters. The Bertz CT molecular complexity index is 607. The van der Waals surface area contributed by atoms with Crippen LogP contribution in [0.4, 0.5) is 20.2 Å². The highest BCUT2D eigenvalue weighted by molar-refractivity contribution is 5.62. The predicted octanol–water partition coefficient (Wildman–Crippen LogP) is 3.89. The molecule has 0 amide bonds. The fourth-order valence-corrected chi connectivity index (χ4v) is 1.62. The minimum Gasteiger partial charge on any atom is -0.351 e. The number of anilines is 2. The summed E-state index contributed by atoms with van der Waals surface area (Å²) in [5.74, 6) is -1.57. The molecule has 2 nitrogen and oxygen atoms in total. The van der Waals surface area contributed by atoms with E-state index in [0.29, 0.717) is 5.69 Å². The lowest BCUT2D eigenvalue weighted by molar-refractivity contribution is 0.590. The summed E-state index contributed by atoms with van der Waals surface area (Å²) in [4.78, 5) is 0. The Kier molecular flexibility index (Phi) is 3.24. The largest absolute Gasteiger partial charge is 0.351 e. The third-order valence-corrected chi connectivity index (χ3v) is 2.46. The van der Waals surface area contributed by atoms with Crippen LogP contribution >= 0.6 is 0 Å². The van der Waals surface area contributed by atoms with Crippen LogP contribution < -0.4 is 5.32 Å². The molecule has 0 saturated heterocycles. The molecule has 0 radical (unpaired) electrons. The monoisotopic (exact) mass is 244 g/mol. The van der Waals surface area contributed by atoms with Gasteiger partial charge in [-0.3, -0.25) is 0 Å². The zero-order chi connectivity index (χ0) is 13.1.